The molecule has 2 aliphatic heterocycles. The van der Waals surface area contributed by atoms with Crippen LogP contribution in [-0.4, -0.2) is 59.0 Å². The van der Waals surface area contributed by atoms with Gasteiger partial charge in [0.1, 0.15) is 0 Å². The standard InChI is InChI=1S/C16H25N7O/c24-15(12-3-4-13-14(11-12)20-21-19-13)22-7-2-8-23(10-9-22)16-17-5-1-6-18-16/h1,5-6,12-14,19-21H,2-4,7-11H2. The molecule has 8 heteroatoms. The Morgan fingerprint density at radius 2 is 1.88 bits per heavy atom. The van der Waals surface area contributed by atoms with E-state index in [0.717, 1.165) is 57.8 Å². The minimum atomic E-state index is 0.139. The van der Waals surface area contributed by atoms with Gasteiger partial charge in [0.2, 0.25) is 11.9 Å². The van der Waals surface area contributed by atoms with Crippen molar-refractivity contribution in [3.8, 4) is 0 Å². The van der Waals surface area contributed by atoms with Gasteiger partial charge in [-0.3, -0.25) is 4.79 Å². The van der Waals surface area contributed by atoms with Crippen LogP contribution in [0.5, 0.6) is 0 Å². The summed E-state index contributed by atoms with van der Waals surface area (Å²) >= 11 is 0. The van der Waals surface area contributed by atoms with Gasteiger partial charge in [-0.2, -0.15) is 5.53 Å². The molecule has 0 spiro atoms. The van der Waals surface area contributed by atoms with Crippen molar-refractivity contribution < 1.29 is 4.79 Å². The molecular weight excluding hydrogens is 306 g/mol. The van der Waals surface area contributed by atoms with Gasteiger partial charge in [-0.25, -0.2) is 20.8 Å². The van der Waals surface area contributed by atoms with Crippen LogP contribution in [0, 0.1) is 5.92 Å². The van der Waals surface area contributed by atoms with Gasteiger partial charge in [-0.1, -0.05) is 0 Å². The highest BCUT2D eigenvalue weighted by molar-refractivity contribution is 5.79. The summed E-state index contributed by atoms with van der Waals surface area (Å²) in [6.07, 6.45) is 7.42. The van der Waals surface area contributed by atoms with Gasteiger partial charge in [-0.15, -0.1) is 0 Å². The van der Waals surface area contributed by atoms with Crippen molar-refractivity contribution in [1.29, 1.82) is 0 Å². The normalized spacial score (nSPS) is 30.8. The molecule has 0 bridgehead atoms. The van der Waals surface area contributed by atoms with E-state index in [9.17, 15) is 4.79 Å². The summed E-state index contributed by atoms with van der Waals surface area (Å²) < 4.78 is 0. The van der Waals surface area contributed by atoms with Crippen LogP contribution in [0.15, 0.2) is 18.5 Å². The van der Waals surface area contributed by atoms with E-state index in [1.54, 1.807) is 12.4 Å². The van der Waals surface area contributed by atoms with E-state index in [1.165, 1.54) is 0 Å². The SMILES string of the molecule is O=C(C1CCC2NNNC2C1)N1CCCN(c2ncccn2)CC1. The highest BCUT2D eigenvalue weighted by Crippen LogP contribution is 2.28. The van der Waals surface area contributed by atoms with Crippen molar-refractivity contribution in [2.24, 2.45) is 5.92 Å². The summed E-state index contributed by atoms with van der Waals surface area (Å²) in [7, 11) is 0. The molecule has 3 fully saturated rings. The fourth-order valence-electron chi connectivity index (χ4n) is 4.00. The van der Waals surface area contributed by atoms with Crippen molar-refractivity contribution >= 4 is 11.9 Å². The second kappa shape index (κ2) is 7.00. The summed E-state index contributed by atoms with van der Waals surface area (Å²) in [5.41, 5.74) is 9.45. The summed E-state index contributed by atoms with van der Waals surface area (Å²) in [4.78, 5) is 25.8. The monoisotopic (exact) mass is 331 g/mol. The first-order valence-electron chi connectivity index (χ1n) is 8.88. The number of amides is 1. The van der Waals surface area contributed by atoms with E-state index in [4.69, 9.17) is 0 Å². The van der Waals surface area contributed by atoms with E-state index in [0.29, 0.717) is 18.0 Å². The fourth-order valence-corrected chi connectivity index (χ4v) is 4.00. The van der Waals surface area contributed by atoms with E-state index in [1.807, 2.05) is 11.0 Å². The number of hydrogen-bond acceptors (Lipinski definition) is 7. The average Bonchev–Trinajstić information content (AvgIpc) is 2.96. The molecule has 24 heavy (non-hydrogen) atoms. The molecule has 1 aromatic rings. The maximum Gasteiger partial charge on any atom is 0.225 e. The van der Waals surface area contributed by atoms with E-state index >= 15 is 0 Å². The number of hydrogen-bond donors (Lipinski definition) is 3. The number of hydrazine groups is 2. The Labute approximate surface area is 142 Å². The molecular formula is C16H25N7O. The summed E-state index contributed by atoms with van der Waals surface area (Å²) in [6.45, 7) is 3.29. The Kier molecular flexibility index (Phi) is 4.59. The minimum absolute atomic E-state index is 0.139. The van der Waals surface area contributed by atoms with Gasteiger partial charge in [0.15, 0.2) is 0 Å². The first-order chi connectivity index (χ1) is 11.8. The molecule has 0 radical (unpaired) electrons. The molecule has 1 aliphatic carbocycles. The van der Waals surface area contributed by atoms with Crippen molar-refractivity contribution in [1.82, 2.24) is 31.3 Å². The number of carbonyl (C=O) groups is 1. The van der Waals surface area contributed by atoms with Crippen LogP contribution in [-0.2, 0) is 4.79 Å². The maximum absolute atomic E-state index is 12.9. The number of nitrogens with zero attached hydrogens (tertiary/aromatic N) is 4. The number of rotatable bonds is 2. The second-order valence-electron chi connectivity index (χ2n) is 6.85. The molecule has 3 N–H and O–H groups in total. The second-order valence-corrected chi connectivity index (χ2v) is 6.85. The van der Waals surface area contributed by atoms with Crippen LogP contribution in [0.3, 0.4) is 0 Å². The Morgan fingerprint density at radius 1 is 1.04 bits per heavy atom. The number of anilines is 1. The molecule has 8 nitrogen and oxygen atoms in total. The van der Waals surface area contributed by atoms with Gasteiger partial charge >= 0.3 is 0 Å². The van der Waals surface area contributed by atoms with Crippen molar-refractivity contribution in [2.75, 3.05) is 31.1 Å². The highest BCUT2D eigenvalue weighted by atomic mass is 16.2. The third kappa shape index (κ3) is 3.22. The van der Waals surface area contributed by atoms with Gasteiger partial charge < -0.3 is 9.80 Å². The summed E-state index contributed by atoms with van der Waals surface area (Å²) in [6, 6.07) is 2.63. The smallest absolute Gasteiger partial charge is 0.225 e. The third-order valence-electron chi connectivity index (χ3n) is 5.36. The lowest BCUT2D eigenvalue weighted by atomic mass is 9.82. The first kappa shape index (κ1) is 15.7. The van der Waals surface area contributed by atoms with Crippen molar-refractivity contribution in [2.45, 2.75) is 37.8 Å². The lowest BCUT2D eigenvalue weighted by molar-refractivity contribution is -0.136. The molecule has 0 aromatic carbocycles. The van der Waals surface area contributed by atoms with Crippen molar-refractivity contribution in [3.05, 3.63) is 18.5 Å². The van der Waals surface area contributed by atoms with Crippen LogP contribution < -0.4 is 21.3 Å². The summed E-state index contributed by atoms with van der Waals surface area (Å²) in [5.74, 6) is 1.22. The zero-order valence-corrected chi connectivity index (χ0v) is 13.8. The van der Waals surface area contributed by atoms with E-state index in [2.05, 4.69) is 31.3 Å². The zero-order valence-electron chi connectivity index (χ0n) is 13.8. The molecule has 1 saturated carbocycles. The zero-order chi connectivity index (χ0) is 16.4. The highest BCUT2D eigenvalue weighted by Gasteiger charge is 2.38. The molecule has 130 valence electrons. The van der Waals surface area contributed by atoms with Crippen LogP contribution in [0.4, 0.5) is 5.95 Å². The Bertz CT molecular complexity index is 569. The van der Waals surface area contributed by atoms with Crippen LogP contribution >= 0.6 is 0 Å². The van der Waals surface area contributed by atoms with Gasteiger partial charge in [-0.05, 0) is 31.7 Å². The third-order valence-corrected chi connectivity index (χ3v) is 5.36. The van der Waals surface area contributed by atoms with Gasteiger partial charge in [0.05, 0.1) is 0 Å². The lowest BCUT2D eigenvalue weighted by Crippen LogP contribution is -2.46. The van der Waals surface area contributed by atoms with Crippen LogP contribution in [0.25, 0.3) is 0 Å². The quantitative estimate of drug-likeness (QED) is 0.684. The molecule has 3 unspecified atom stereocenters. The van der Waals surface area contributed by atoms with E-state index < -0.39 is 0 Å². The Hall–Kier alpha value is -1.77. The first-order valence-corrected chi connectivity index (χ1v) is 8.88. The fraction of sp³-hybridized carbons (Fsp3) is 0.688. The predicted octanol–water partition coefficient (Wildman–Crippen LogP) is -0.335. The van der Waals surface area contributed by atoms with Crippen LogP contribution in [0.1, 0.15) is 25.7 Å². The van der Waals surface area contributed by atoms with Gasteiger partial charge in [0.25, 0.3) is 0 Å². The number of aromatic nitrogens is 2. The lowest BCUT2D eigenvalue weighted by Gasteiger charge is -2.33. The molecule has 1 aromatic heterocycles. The average molecular weight is 331 g/mol. The topological polar surface area (TPSA) is 85.4 Å². The summed E-state index contributed by atoms with van der Waals surface area (Å²) in [5, 5.41) is 0. The Morgan fingerprint density at radius 3 is 2.75 bits per heavy atom. The number of fused-ring (bicyclic) bond motifs is 1. The molecule has 4 rings (SSSR count). The predicted molar refractivity (Wildman–Crippen MR) is 89.8 cm³/mol. The number of nitrogens with one attached hydrogen (secondary N) is 3. The Balaban J connectivity index is 1.35. The number of carbonyl (C=O) groups excluding carboxylic acids is 1. The maximum atomic E-state index is 12.9. The van der Waals surface area contributed by atoms with Crippen LogP contribution in [0.2, 0.25) is 0 Å². The minimum Gasteiger partial charge on any atom is -0.341 e. The molecule has 3 heterocycles. The molecule has 1 amide bonds. The molecule has 3 atom stereocenters. The molecule has 3 aliphatic rings. The molecule has 2 saturated heterocycles. The van der Waals surface area contributed by atoms with E-state index in [-0.39, 0.29) is 5.92 Å². The van der Waals surface area contributed by atoms with Crippen molar-refractivity contribution in [3.63, 3.8) is 0 Å². The largest absolute Gasteiger partial charge is 0.341 e. The van der Waals surface area contributed by atoms with Gasteiger partial charge in [0, 0.05) is 56.6 Å².